The molecule has 4 nitrogen and oxygen atoms in total. The molecule has 116 valence electrons. The normalized spacial score (nSPS) is 29.3. The lowest BCUT2D eigenvalue weighted by molar-refractivity contribution is 0.00578. The van der Waals surface area contributed by atoms with E-state index in [0.717, 1.165) is 11.3 Å². The molecule has 2 unspecified atom stereocenters. The number of ether oxygens (including phenoxy) is 1. The number of fused-ring (bicyclic) bond motifs is 1. The zero-order valence-corrected chi connectivity index (χ0v) is 13.8. The summed E-state index contributed by atoms with van der Waals surface area (Å²) in [4.78, 5) is 0. The number of para-hydroxylation sites is 1. The molecular formula is C15H23BClNO3. The van der Waals surface area contributed by atoms with Crippen LogP contribution in [0, 0.1) is 0 Å². The largest absolute Gasteiger partial charge is 0.501 e. The monoisotopic (exact) mass is 311 g/mol. The highest BCUT2D eigenvalue weighted by Crippen LogP contribution is 2.41. The van der Waals surface area contributed by atoms with E-state index < -0.39 is 0 Å². The molecule has 2 N–H and O–H groups in total. The lowest BCUT2D eigenvalue weighted by Gasteiger charge is -2.32. The molecule has 2 aliphatic heterocycles. The van der Waals surface area contributed by atoms with Crippen molar-refractivity contribution >= 4 is 19.5 Å². The van der Waals surface area contributed by atoms with Gasteiger partial charge in [0.1, 0.15) is 11.8 Å². The van der Waals surface area contributed by atoms with Crippen LogP contribution in [0.4, 0.5) is 0 Å². The molecule has 21 heavy (non-hydrogen) atoms. The van der Waals surface area contributed by atoms with Gasteiger partial charge in [-0.15, -0.1) is 12.4 Å². The third-order valence-electron chi connectivity index (χ3n) is 4.66. The Morgan fingerprint density at radius 2 is 1.67 bits per heavy atom. The molecule has 0 radical (unpaired) electrons. The number of nitrogens with two attached hydrogens (primary N) is 1. The first-order valence-corrected chi connectivity index (χ1v) is 7.17. The van der Waals surface area contributed by atoms with Gasteiger partial charge >= 0.3 is 7.12 Å². The number of hydrogen-bond donors (Lipinski definition) is 1. The topological polar surface area (TPSA) is 53.7 Å². The molecular weight excluding hydrogens is 288 g/mol. The van der Waals surface area contributed by atoms with E-state index in [1.54, 1.807) is 0 Å². The maximum atomic E-state index is 6.25. The van der Waals surface area contributed by atoms with E-state index in [4.69, 9.17) is 19.8 Å². The molecule has 1 fully saturated rings. The van der Waals surface area contributed by atoms with Crippen molar-refractivity contribution in [1.82, 2.24) is 0 Å². The molecule has 0 bridgehead atoms. The van der Waals surface area contributed by atoms with Crippen molar-refractivity contribution in [3.8, 4) is 5.75 Å². The zero-order chi connectivity index (χ0) is 14.5. The lowest BCUT2D eigenvalue weighted by atomic mass is 9.75. The Morgan fingerprint density at radius 1 is 1.10 bits per heavy atom. The van der Waals surface area contributed by atoms with Gasteiger partial charge in [-0.3, -0.25) is 0 Å². The second-order valence-electron chi connectivity index (χ2n) is 6.66. The van der Waals surface area contributed by atoms with Gasteiger partial charge < -0.3 is 19.8 Å². The summed E-state index contributed by atoms with van der Waals surface area (Å²) in [5.41, 5.74) is 6.61. The van der Waals surface area contributed by atoms with Gasteiger partial charge in [0.05, 0.1) is 11.2 Å². The Labute approximate surface area is 132 Å². The summed E-state index contributed by atoms with van der Waals surface area (Å²) in [5, 5.41) is 0. The second-order valence-corrected chi connectivity index (χ2v) is 6.66. The molecule has 0 spiro atoms. The summed E-state index contributed by atoms with van der Waals surface area (Å²) in [6.07, 6.45) is 0.702. The van der Waals surface area contributed by atoms with Crippen LogP contribution < -0.4 is 10.5 Å². The van der Waals surface area contributed by atoms with Crippen molar-refractivity contribution in [2.75, 3.05) is 0 Å². The van der Waals surface area contributed by atoms with Gasteiger partial charge in [-0.25, -0.2) is 0 Å². The Morgan fingerprint density at radius 3 is 2.29 bits per heavy atom. The van der Waals surface area contributed by atoms with E-state index in [2.05, 4.69) is 0 Å². The van der Waals surface area contributed by atoms with E-state index in [-0.39, 0.29) is 42.8 Å². The quantitative estimate of drug-likeness (QED) is 0.810. The fourth-order valence-corrected chi connectivity index (χ4v) is 2.69. The summed E-state index contributed by atoms with van der Waals surface area (Å²) in [6, 6.07) is 7.70. The highest BCUT2D eigenvalue weighted by atomic mass is 35.5. The van der Waals surface area contributed by atoms with Crippen molar-refractivity contribution < 1.29 is 14.0 Å². The minimum absolute atomic E-state index is 0. The number of halogens is 1. The predicted octanol–water partition coefficient (Wildman–Crippen LogP) is 2.89. The molecule has 0 aromatic heterocycles. The maximum Gasteiger partial charge on any atom is 0.501 e. The van der Waals surface area contributed by atoms with Gasteiger partial charge in [-0.2, -0.15) is 0 Å². The summed E-state index contributed by atoms with van der Waals surface area (Å²) in [7, 11) is -0.376. The predicted molar refractivity (Wildman–Crippen MR) is 85.7 cm³/mol. The van der Waals surface area contributed by atoms with Gasteiger partial charge in [0, 0.05) is 18.0 Å². The van der Waals surface area contributed by atoms with Gasteiger partial charge in [0.25, 0.3) is 0 Å². The number of hydrogen-bond acceptors (Lipinski definition) is 4. The van der Waals surface area contributed by atoms with Gasteiger partial charge in [-0.05, 0) is 33.8 Å². The van der Waals surface area contributed by atoms with E-state index >= 15 is 0 Å². The van der Waals surface area contributed by atoms with Gasteiger partial charge in [-0.1, -0.05) is 18.2 Å². The summed E-state index contributed by atoms with van der Waals surface area (Å²) in [5.74, 6) is 0.839. The van der Waals surface area contributed by atoms with E-state index in [0.29, 0.717) is 6.42 Å². The van der Waals surface area contributed by atoms with E-state index in [1.807, 2.05) is 52.0 Å². The Balaban J connectivity index is 0.00000161. The molecule has 1 aromatic rings. The molecule has 1 aromatic carbocycles. The fourth-order valence-electron chi connectivity index (χ4n) is 2.69. The number of rotatable bonds is 1. The molecule has 0 aliphatic carbocycles. The van der Waals surface area contributed by atoms with Crippen LogP contribution in [-0.4, -0.2) is 24.3 Å². The van der Waals surface area contributed by atoms with Crippen LogP contribution in [-0.2, 0) is 9.31 Å². The SMILES string of the molecule is CC1(C)OB(C2CC(N)c3ccccc3O2)OC1(C)C.Cl. The van der Waals surface area contributed by atoms with Crippen LogP contribution in [0.2, 0.25) is 0 Å². The van der Waals surface area contributed by atoms with Crippen LogP contribution in [0.15, 0.2) is 24.3 Å². The number of benzene rings is 1. The van der Waals surface area contributed by atoms with Crippen molar-refractivity contribution in [3.63, 3.8) is 0 Å². The molecule has 2 atom stereocenters. The van der Waals surface area contributed by atoms with Gasteiger partial charge in [0.2, 0.25) is 0 Å². The van der Waals surface area contributed by atoms with Gasteiger partial charge in [0.15, 0.2) is 0 Å². The zero-order valence-electron chi connectivity index (χ0n) is 13.0. The molecule has 6 heteroatoms. The maximum absolute atomic E-state index is 6.25. The molecule has 0 saturated carbocycles. The lowest BCUT2D eigenvalue weighted by Crippen LogP contribution is -2.43. The first kappa shape index (κ1) is 16.6. The van der Waals surface area contributed by atoms with Crippen LogP contribution in [0.1, 0.15) is 45.7 Å². The Bertz CT molecular complexity index is 507. The Hall–Kier alpha value is -0.745. The molecule has 2 aliphatic rings. The summed E-state index contributed by atoms with van der Waals surface area (Å²) < 4.78 is 18.2. The summed E-state index contributed by atoms with van der Waals surface area (Å²) in [6.45, 7) is 8.18. The van der Waals surface area contributed by atoms with Crippen LogP contribution >= 0.6 is 12.4 Å². The standard InChI is InChI=1S/C15H22BNO3.ClH/c1-14(2)15(3,4)20-16(19-14)13-9-11(17)10-7-5-6-8-12(10)18-13;/h5-8,11,13H,9,17H2,1-4H3;1H. The highest BCUT2D eigenvalue weighted by molar-refractivity contribution is 6.47. The third kappa shape index (κ3) is 2.80. The molecule has 0 amide bonds. The first-order chi connectivity index (χ1) is 9.30. The van der Waals surface area contributed by atoms with Crippen LogP contribution in [0.3, 0.4) is 0 Å². The second kappa shape index (κ2) is 5.47. The van der Waals surface area contributed by atoms with Crippen LogP contribution in [0.5, 0.6) is 5.75 Å². The average molecular weight is 312 g/mol. The summed E-state index contributed by atoms with van der Waals surface area (Å²) >= 11 is 0. The van der Waals surface area contributed by atoms with E-state index in [9.17, 15) is 0 Å². The average Bonchev–Trinajstić information content (AvgIpc) is 2.58. The van der Waals surface area contributed by atoms with Crippen molar-refractivity contribution in [3.05, 3.63) is 29.8 Å². The molecule has 3 rings (SSSR count). The highest BCUT2D eigenvalue weighted by Gasteiger charge is 2.55. The van der Waals surface area contributed by atoms with Crippen LogP contribution in [0.25, 0.3) is 0 Å². The third-order valence-corrected chi connectivity index (χ3v) is 4.66. The molecule has 1 saturated heterocycles. The fraction of sp³-hybridized carbons (Fsp3) is 0.600. The van der Waals surface area contributed by atoms with E-state index in [1.165, 1.54) is 0 Å². The molecule has 2 heterocycles. The van der Waals surface area contributed by atoms with Crippen molar-refractivity contribution in [2.24, 2.45) is 5.73 Å². The minimum Gasteiger partial charge on any atom is -0.492 e. The minimum atomic E-state index is -0.376. The first-order valence-electron chi connectivity index (χ1n) is 7.17. The van der Waals surface area contributed by atoms with Crippen molar-refractivity contribution in [2.45, 2.75) is 57.4 Å². The Kier molecular flexibility index (Phi) is 4.33. The smallest absolute Gasteiger partial charge is 0.492 e. The van der Waals surface area contributed by atoms with Crippen molar-refractivity contribution in [1.29, 1.82) is 0 Å².